The zero-order chi connectivity index (χ0) is 15.0. The highest BCUT2D eigenvalue weighted by atomic mass is 19.1. The van der Waals surface area contributed by atoms with Crippen molar-refractivity contribution in [1.29, 1.82) is 0 Å². The minimum Gasteiger partial charge on any atom is -0.341 e. The van der Waals surface area contributed by atoms with E-state index in [2.05, 4.69) is 5.32 Å². The van der Waals surface area contributed by atoms with Crippen LogP contribution in [0.15, 0.2) is 18.2 Å². The molecule has 1 N–H and O–H groups in total. The second-order valence-electron chi connectivity index (χ2n) is 5.42. The quantitative estimate of drug-likeness (QED) is 0.898. The third-order valence-corrected chi connectivity index (χ3v) is 4.14. The summed E-state index contributed by atoms with van der Waals surface area (Å²) in [6.45, 7) is 3.59. The number of carbonyl (C=O) groups excluding carboxylic acids is 2. The summed E-state index contributed by atoms with van der Waals surface area (Å²) in [4.78, 5) is 27.3. The zero-order valence-electron chi connectivity index (χ0n) is 11.9. The third kappa shape index (κ3) is 2.46. The number of fused-ring (bicyclic) bond motifs is 1. The Bertz CT molecular complexity index is 590. The molecule has 0 radical (unpaired) electrons. The number of carbonyl (C=O) groups is 2. The minimum absolute atomic E-state index is 0.0654. The molecule has 2 aliphatic heterocycles. The van der Waals surface area contributed by atoms with Crippen molar-refractivity contribution in [3.8, 4) is 0 Å². The van der Waals surface area contributed by atoms with Gasteiger partial charge in [0, 0.05) is 31.6 Å². The first-order valence-corrected chi connectivity index (χ1v) is 7.23. The van der Waals surface area contributed by atoms with Gasteiger partial charge in [-0.2, -0.15) is 0 Å². The van der Waals surface area contributed by atoms with Crippen LogP contribution < -0.4 is 10.2 Å². The van der Waals surface area contributed by atoms with Gasteiger partial charge in [-0.1, -0.05) is 6.07 Å². The van der Waals surface area contributed by atoms with Gasteiger partial charge in [0.25, 0.3) is 0 Å². The predicted octanol–water partition coefficient (Wildman–Crippen LogP) is 1.52. The molecular formula is C15H18FN3O2. The molecule has 0 spiro atoms. The van der Waals surface area contributed by atoms with Crippen molar-refractivity contribution >= 4 is 17.6 Å². The Morgan fingerprint density at radius 3 is 3.00 bits per heavy atom. The summed E-state index contributed by atoms with van der Waals surface area (Å²) in [6, 6.07) is 4.35. The van der Waals surface area contributed by atoms with Gasteiger partial charge in [-0.15, -0.1) is 0 Å². The van der Waals surface area contributed by atoms with Gasteiger partial charge in [0.15, 0.2) is 0 Å². The lowest BCUT2D eigenvalue weighted by Gasteiger charge is -2.21. The molecule has 1 fully saturated rings. The lowest BCUT2D eigenvalue weighted by Crippen LogP contribution is -2.45. The van der Waals surface area contributed by atoms with Crippen LogP contribution in [0.3, 0.4) is 0 Å². The zero-order valence-corrected chi connectivity index (χ0v) is 11.9. The molecule has 0 bridgehead atoms. The van der Waals surface area contributed by atoms with Gasteiger partial charge >= 0.3 is 6.03 Å². The monoisotopic (exact) mass is 291 g/mol. The maximum absolute atomic E-state index is 13.7. The van der Waals surface area contributed by atoms with Crippen molar-refractivity contribution in [2.24, 2.45) is 0 Å². The number of urea groups is 1. The van der Waals surface area contributed by atoms with E-state index in [4.69, 9.17) is 0 Å². The summed E-state index contributed by atoms with van der Waals surface area (Å²) < 4.78 is 13.7. The second-order valence-corrected chi connectivity index (χ2v) is 5.42. The Labute approximate surface area is 122 Å². The minimum atomic E-state index is -0.268. The van der Waals surface area contributed by atoms with E-state index < -0.39 is 0 Å². The van der Waals surface area contributed by atoms with Crippen molar-refractivity contribution < 1.29 is 14.0 Å². The van der Waals surface area contributed by atoms with E-state index in [-0.39, 0.29) is 23.8 Å². The van der Waals surface area contributed by atoms with Crippen LogP contribution in [0.2, 0.25) is 0 Å². The van der Waals surface area contributed by atoms with E-state index in [1.54, 1.807) is 21.9 Å². The van der Waals surface area contributed by atoms with E-state index in [1.165, 1.54) is 6.07 Å². The van der Waals surface area contributed by atoms with Gasteiger partial charge < -0.3 is 10.2 Å². The number of likely N-dealkylation sites (N-methyl/N-ethyl adjacent to an activating group) is 1. The van der Waals surface area contributed by atoms with Crippen molar-refractivity contribution in [1.82, 2.24) is 10.2 Å². The van der Waals surface area contributed by atoms with Crippen molar-refractivity contribution in [3.63, 3.8) is 0 Å². The SMILES string of the molecule is CCN1CC(NC(=O)N2CCc3c(F)cccc32)CC1=O. The van der Waals surface area contributed by atoms with Crippen molar-refractivity contribution in [2.45, 2.75) is 25.8 Å². The third-order valence-electron chi connectivity index (χ3n) is 4.14. The molecule has 3 amide bonds. The molecule has 2 aliphatic rings. The molecule has 0 aromatic heterocycles. The number of rotatable bonds is 2. The Morgan fingerprint density at radius 2 is 2.29 bits per heavy atom. The summed E-state index contributed by atoms with van der Waals surface area (Å²) in [5.74, 6) is -0.202. The summed E-state index contributed by atoms with van der Waals surface area (Å²) in [6.07, 6.45) is 0.865. The Morgan fingerprint density at radius 1 is 1.48 bits per heavy atom. The number of nitrogens with one attached hydrogen (secondary N) is 1. The predicted molar refractivity (Wildman–Crippen MR) is 76.6 cm³/mol. The van der Waals surface area contributed by atoms with E-state index in [0.717, 1.165) is 0 Å². The molecule has 1 saturated heterocycles. The fourth-order valence-corrected chi connectivity index (χ4v) is 3.03. The van der Waals surface area contributed by atoms with Crippen LogP contribution in [-0.4, -0.2) is 42.5 Å². The van der Waals surface area contributed by atoms with Crippen molar-refractivity contribution in [2.75, 3.05) is 24.5 Å². The van der Waals surface area contributed by atoms with Crippen LogP contribution in [0.25, 0.3) is 0 Å². The summed E-state index contributed by atoms with van der Waals surface area (Å²) in [5.41, 5.74) is 1.22. The first kappa shape index (κ1) is 13.9. The molecule has 112 valence electrons. The number of hydrogen-bond donors (Lipinski definition) is 1. The Kier molecular flexibility index (Phi) is 3.53. The number of anilines is 1. The second kappa shape index (κ2) is 5.35. The van der Waals surface area contributed by atoms with Gasteiger partial charge in [0.1, 0.15) is 5.82 Å². The lowest BCUT2D eigenvalue weighted by molar-refractivity contribution is -0.127. The average molecular weight is 291 g/mol. The molecule has 1 aromatic rings. The smallest absolute Gasteiger partial charge is 0.322 e. The van der Waals surface area contributed by atoms with E-state index in [0.29, 0.717) is 43.7 Å². The molecule has 5 nitrogen and oxygen atoms in total. The van der Waals surface area contributed by atoms with E-state index in [9.17, 15) is 14.0 Å². The number of halogens is 1. The molecule has 6 heteroatoms. The maximum atomic E-state index is 13.7. The van der Waals surface area contributed by atoms with Crippen molar-refractivity contribution in [3.05, 3.63) is 29.6 Å². The molecule has 0 saturated carbocycles. The molecule has 1 aromatic carbocycles. The normalized spacial score (nSPS) is 20.9. The van der Waals surface area contributed by atoms with Crippen LogP contribution in [0.4, 0.5) is 14.9 Å². The lowest BCUT2D eigenvalue weighted by atomic mass is 10.1. The fourth-order valence-electron chi connectivity index (χ4n) is 3.03. The highest BCUT2D eigenvalue weighted by Crippen LogP contribution is 2.30. The summed E-state index contributed by atoms with van der Waals surface area (Å²) >= 11 is 0. The molecule has 21 heavy (non-hydrogen) atoms. The number of nitrogens with zero attached hydrogens (tertiary/aromatic N) is 2. The highest BCUT2D eigenvalue weighted by molar-refractivity contribution is 5.95. The van der Waals surface area contributed by atoms with E-state index >= 15 is 0 Å². The van der Waals surface area contributed by atoms with Crippen LogP contribution >= 0.6 is 0 Å². The van der Waals surface area contributed by atoms with Crippen LogP contribution in [0, 0.1) is 5.82 Å². The Hall–Kier alpha value is -2.11. The van der Waals surface area contributed by atoms with Crippen LogP contribution in [0.5, 0.6) is 0 Å². The largest absolute Gasteiger partial charge is 0.341 e. The fraction of sp³-hybridized carbons (Fsp3) is 0.467. The number of likely N-dealkylation sites (tertiary alicyclic amines) is 1. The maximum Gasteiger partial charge on any atom is 0.322 e. The topological polar surface area (TPSA) is 52.7 Å². The number of amides is 3. The molecular weight excluding hydrogens is 273 g/mol. The summed E-state index contributed by atoms with van der Waals surface area (Å²) in [5, 5.41) is 2.88. The molecule has 3 rings (SSSR count). The first-order chi connectivity index (χ1) is 10.1. The van der Waals surface area contributed by atoms with Gasteiger partial charge in [0.05, 0.1) is 11.7 Å². The van der Waals surface area contributed by atoms with Gasteiger partial charge in [-0.25, -0.2) is 9.18 Å². The van der Waals surface area contributed by atoms with Crippen LogP contribution in [0.1, 0.15) is 18.9 Å². The van der Waals surface area contributed by atoms with E-state index in [1.807, 2.05) is 6.92 Å². The average Bonchev–Trinajstić information content (AvgIpc) is 3.03. The summed E-state index contributed by atoms with van der Waals surface area (Å²) in [7, 11) is 0. The van der Waals surface area contributed by atoms with Gasteiger partial charge in [-0.05, 0) is 25.5 Å². The molecule has 1 unspecified atom stereocenters. The van der Waals surface area contributed by atoms with Gasteiger partial charge in [0.2, 0.25) is 5.91 Å². The first-order valence-electron chi connectivity index (χ1n) is 7.23. The molecule has 2 heterocycles. The number of benzene rings is 1. The number of hydrogen-bond acceptors (Lipinski definition) is 2. The highest BCUT2D eigenvalue weighted by Gasteiger charge is 2.32. The standard InChI is InChI=1S/C15H18FN3O2/c1-2-18-9-10(8-14(18)20)17-15(21)19-7-6-11-12(16)4-3-5-13(11)19/h3-5,10H,2,6-9H2,1H3,(H,17,21). The molecule has 0 aliphatic carbocycles. The molecule has 1 atom stereocenters. The van der Waals surface area contributed by atoms with Crippen LogP contribution in [-0.2, 0) is 11.2 Å². The Balaban J connectivity index is 1.69. The van der Waals surface area contributed by atoms with Gasteiger partial charge in [-0.3, -0.25) is 9.69 Å².